The van der Waals surface area contributed by atoms with Crippen molar-refractivity contribution >= 4 is 23.5 Å². The third-order valence-electron chi connectivity index (χ3n) is 1.92. The number of carboxylic acids is 1. The van der Waals surface area contributed by atoms with Crippen LogP contribution in [0, 0.1) is 0 Å². The molecule has 0 aliphatic heterocycles. The summed E-state index contributed by atoms with van der Waals surface area (Å²) in [6.07, 6.45) is -3.85. The van der Waals surface area contributed by atoms with Gasteiger partial charge in [0.15, 0.2) is 0 Å². The van der Waals surface area contributed by atoms with Gasteiger partial charge in [0, 0.05) is 18.8 Å². The van der Waals surface area contributed by atoms with Crippen LogP contribution < -0.4 is 10.1 Å². The number of aromatic nitrogens is 1. The van der Waals surface area contributed by atoms with Gasteiger partial charge in [0.25, 0.3) is 11.5 Å². The molecule has 1 rings (SSSR count). The Balaban J connectivity index is 0.000000640. The zero-order chi connectivity index (χ0) is 18.9. The molecule has 0 fully saturated rings. The lowest BCUT2D eigenvalue weighted by Crippen LogP contribution is -2.28. The quantitative estimate of drug-likeness (QED) is 0.603. The summed E-state index contributed by atoms with van der Waals surface area (Å²) >= 11 is 4.88. The van der Waals surface area contributed by atoms with Gasteiger partial charge >= 0.3 is 18.8 Å². The molecule has 13 heteroatoms. The molecule has 0 aliphatic carbocycles. The summed E-state index contributed by atoms with van der Waals surface area (Å²) in [5, 5.41) is 9.29. The van der Waals surface area contributed by atoms with E-state index in [4.69, 9.17) is 21.5 Å². The van der Waals surface area contributed by atoms with Gasteiger partial charge in [-0.25, -0.2) is 14.2 Å². The second kappa shape index (κ2) is 9.80. The minimum Gasteiger partial charge on any atom is -0.475 e. The lowest BCUT2D eigenvalue weighted by atomic mass is 10.2. The number of carbonyl (C=O) groups excluding carboxylic acids is 1. The van der Waals surface area contributed by atoms with Crippen LogP contribution in [0.25, 0.3) is 0 Å². The van der Waals surface area contributed by atoms with Crippen molar-refractivity contribution in [1.82, 2.24) is 10.3 Å². The Bertz CT molecular complexity index is 556. The predicted octanol–water partition coefficient (Wildman–Crippen LogP) is 2.47. The maximum atomic E-state index is 12.3. The van der Waals surface area contributed by atoms with Gasteiger partial charge < -0.3 is 15.2 Å². The van der Waals surface area contributed by atoms with Gasteiger partial charge in [-0.3, -0.25) is 4.79 Å². The highest BCUT2D eigenvalue weighted by atomic mass is 35.5. The van der Waals surface area contributed by atoms with Crippen molar-refractivity contribution < 1.29 is 45.8 Å². The van der Waals surface area contributed by atoms with Crippen LogP contribution in [0.1, 0.15) is 5.56 Å². The average Bonchev–Trinajstić information content (AvgIpc) is 2.44. The Hall–Kier alpha value is -2.24. The molecule has 1 amide bonds. The number of amides is 1. The molecule has 0 aliphatic rings. The molecule has 136 valence electrons. The molecule has 1 aromatic heterocycles. The number of alkyl halides is 7. The van der Waals surface area contributed by atoms with Crippen molar-refractivity contribution in [2.24, 2.45) is 0 Å². The number of carboxylic acid groups (broad SMARTS) is 1. The summed E-state index contributed by atoms with van der Waals surface area (Å²) < 4.78 is 71.8. The Kier molecular flexibility index (Phi) is 8.89. The lowest BCUT2D eigenvalue weighted by Gasteiger charge is -2.07. The van der Waals surface area contributed by atoms with Crippen LogP contribution in [0.2, 0.25) is 0 Å². The minimum atomic E-state index is -5.08. The van der Waals surface area contributed by atoms with Gasteiger partial charge in [0.1, 0.15) is 0 Å². The fourth-order valence-electron chi connectivity index (χ4n) is 0.982. The number of pyridine rings is 1. The number of halogens is 7. The zero-order valence-electron chi connectivity index (χ0n) is 11.4. The van der Waals surface area contributed by atoms with Gasteiger partial charge in [0.2, 0.25) is 5.88 Å². The topological polar surface area (TPSA) is 88.5 Å². The highest BCUT2D eigenvalue weighted by molar-refractivity contribution is 6.29. The standard InChI is InChI=1S/C9H8ClF3N2O2.C2HF3O2/c10-7(11)8(16)15-4-5-1-2-14-6(3-5)17-9(12)13;3-2(4,5)1(6)7/h1-3,7,9H,4H2,(H,15,16);(H,6,7). The summed E-state index contributed by atoms with van der Waals surface area (Å²) in [5.74, 6) is -4.04. The van der Waals surface area contributed by atoms with Gasteiger partial charge in [-0.15, -0.1) is 0 Å². The molecular formula is C11H9ClF6N2O4. The van der Waals surface area contributed by atoms with Crippen molar-refractivity contribution in [2.75, 3.05) is 0 Å². The number of hydrogen-bond donors (Lipinski definition) is 2. The van der Waals surface area contributed by atoms with E-state index in [0.29, 0.717) is 5.56 Å². The molecule has 0 saturated heterocycles. The second-order valence-electron chi connectivity index (χ2n) is 3.70. The van der Waals surface area contributed by atoms with Gasteiger partial charge in [-0.05, 0) is 11.6 Å². The molecule has 0 bridgehead atoms. The first-order valence-electron chi connectivity index (χ1n) is 5.69. The van der Waals surface area contributed by atoms with E-state index in [1.165, 1.54) is 18.3 Å². The van der Waals surface area contributed by atoms with Crippen LogP contribution in [-0.2, 0) is 16.1 Å². The van der Waals surface area contributed by atoms with Gasteiger partial charge in [-0.1, -0.05) is 11.6 Å². The number of carbonyl (C=O) groups is 2. The van der Waals surface area contributed by atoms with Crippen LogP contribution in [0.5, 0.6) is 5.88 Å². The van der Waals surface area contributed by atoms with Crippen molar-refractivity contribution in [3.63, 3.8) is 0 Å². The molecular weight excluding hydrogens is 374 g/mol. The molecule has 1 heterocycles. The Morgan fingerprint density at radius 3 is 2.29 bits per heavy atom. The van der Waals surface area contributed by atoms with E-state index < -0.39 is 30.3 Å². The maximum absolute atomic E-state index is 12.3. The number of nitrogens with one attached hydrogen (secondary N) is 1. The zero-order valence-corrected chi connectivity index (χ0v) is 12.1. The van der Waals surface area contributed by atoms with Crippen LogP contribution in [0.3, 0.4) is 0 Å². The van der Waals surface area contributed by atoms with Crippen molar-refractivity contribution in [3.8, 4) is 5.88 Å². The summed E-state index contributed by atoms with van der Waals surface area (Å²) in [4.78, 5) is 23.2. The first kappa shape index (κ1) is 21.8. The Morgan fingerprint density at radius 2 is 1.88 bits per heavy atom. The van der Waals surface area contributed by atoms with E-state index in [2.05, 4.69) is 15.0 Å². The molecule has 6 nitrogen and oxygen atoms in total. The number of aliphatic carboxylic acids is 1. The molecule has 2 N–H and O–H groups in total. The first-order valence-corrected chi connectivity index (χ1v) is 6.12. The van der Waals surface area contributed by atoms with E-state index >= 15 is 0 Å². The molecule has 24 heavy (non-hydrogen) atoms. The molecule has 0 saturated carbocycles. The predicted molar refractivity (Wildman–Crippen MR) is 67.2 cm³/mol. The third kappa shape index (κ3) is 9.71. The largest absolute Gasteiger partial charge is 0.490 e. The second-order valence-corrected chi connectivity index (χ2v) is 4.09. The van der Waals surface area contributed by atoms with Crippen LogP contribution in [0.15, 0.2) is 18.3 Å². The SMILES string of the molecule is O=C(NCc1ccnc(OC(F)F)c1)C(F)Cl.O=C(O)C(F)(F)F. The van der Waals surface area contributed by atoms with Gasteiger partial charge in [-0.2, -0.15) is 22.0 Å². The number of rotatable bonds is 5. The molecule has 1 atom stereocenters. The number of hydrogen-bond acceptors (Lipinski definition) is 4. The Labute approximate surface area is 135 Å². The molecule has 0 radical (unpaired) electrons. The normalized spacial score (nSPS) is 12.0. The van der Waals surface area contributed by atoms with E-state index in [1.807, 2.05) is 0 Å². The van der Waals surface area contributed by atoms with Gasteiger partial charge in [0.05, 0.1) is 0 Å². The fraction of sp³-hybridized carbons (Fsp3) is 0.364. The maximum Gasteiger partial charge on any atom is 0.490 e. The van der Waals surface area contributed by atoms with E-state index in [9.17, 15) is 31.1 Å². The molecule has 0 spiro atoms. The Morgan fingerprint density at radius 1 is 1.33 bits per heavy atom. The van der Waals surface area contributed by atoms with Crippen LogP contribution in [-0.4, -0.2) is 40.4 Å². The highest BCUT2D eigenvalue weighted by Gasteiger charge is 2.38. The van der Waals surface area contributed by atoms with Crippen LogP contribution in [0.4, 0.5) is 26.3 Å². The molecule has 1 aromatic rings. The lowest BCUT2D eigenvalue weighted by molar-refractivity contribution is -0.192. The van der Waals surface area contributed by atoms with Crippen molar-refractivity contribution in [2.45, 2.75) is 25.0 Å². The van der Waals surface area contributed by atoms with Crippen LogP contribution >= 0.6 is 11.6 Å². The monoisotopic (exact) mass is 382 g/mol. The van der Waals surface area contributed by atoms with Crippen molar-refractivity contribution in [1.29, 1.82) is 0 Å². The van der Waals surface area contributed by atoms with Crippen molar-refractivity contribution in [3.05, 3.63) is 23.9 Å². The average molecular weight is 383 g/mol. The summed E-state index contributed by atoms with van der Waals surface area (Å²) in [6.45, 7) is -3.04. The minimum absolute atomic E-state index is 0.0614. The number of ether oxygens (including phenoxy) is 1. The smallest absolute Gasteiger partial charge is 0.475 e. The fourth-order valence-corrected chi connectivity index (χ4v) is 1.06. The summed E-state index contributed by atoms with van der Waals surface area (Å²) in [5.41, 5.74) is -1.71. The summed E-state index contributed by atoms with van der Waals surface area (Å²) in [7, 11) is 0. The number of nitrogens with zero attached hydrogens (tertiary/aromatic N) is 1. The summed E-state index contributed by atoms with van der Waals surface area (Å²) in [6, 6.07) is 2.66. The van der Waals surface area contributed by atoms with E-state index in [1.54, 1.807) is 0 Å². The molecule has 1 unspecified atom stereocenters. The van der Waals surface area contributed by atoms with E-state index in [-0.39, 0.29) is 12.4 Å². The third-order valence-corrected chi connectivity index (χ3v) is 2.11. The first-order chi connectivity index (χ1) is 10.9. The highest BCUT2D eigenvalue weighted by Crippen LogP contribution is 2.13. The molecule has 0 aromatic carbocycles. The van der Waals surface area contributed by atoms with E-state index in [0.717, 1.165) is 0 Å².